The molecule has 0 bridgehead atoms. The van der Waals surface area contributed by atoms with Crippen molar-refractivity contribution in [3.63, 3.8) is 0 Å². The number of aliphatic hydroxyl groups excluding tert-OH is 1. The average Bonchev–Trinajstić information content (AvgIpc) is 3.34. The molecule has 0 heterocycles. The van der Waals surface area contributed by atoms with Crippen molar-refractivity contribution in [2.75, 3.05) is 0 Å². The van der Waals surface area contributed by atoms with E-state index in [1.54, 1.807) is 6.08 Å². The number of carbonyl (C=O) groups is 3. The van der Waals surface area contributed by atoms with Gasteiger partial charge in [-0.3, -0.25) is 14.4 Å². The molecular weight excluding hydrogens is 520 g/mol. The van der Waals surface area contributed by atoms with Gasteiger partial charge in [0.15, 0.2) is 17.3 Å². The van der Waals surface area contributed by atoms with E-state index in [2.05, 4.69) is 19.9 Å². The van der Waals surface area contributed by atoms with Gasteiger partial charge in [-0.05, 0) is 86.9 Å². The summed E-state index contributed by atoms with van der Waals surface area (Å²) in [5, 5.41) is 14.9. The van der Waals surface area contributed by atoms with Gasteiger partial charge in [0.2, 0.25) is 0 Å². The monoisotopic (exact) mass is 550 g/mol. The molecule has 4 aromatic carbocycles. The number of aliphatic hydroxyl groups is 1. The molecule has 0 radical (unpaired) electrons. The van der Waals surface area contributed by atoms with Crippen LogP contribution in [0.15, 0.2) is 120 Å². The zero-order chi connectivity index (χ0) is 29.2. The summed E-state index contributed by atoms with van der Waals surface area (Å²) in [5.74, 6) is -1.18. The molecule has 206 valence electrons. The number of fused-ring (bicyclic) bond motifs is 4. The summed E-state index contributed by atoms with van der Waals surface area (Å²) in [6, 6.07) is 23.0. The normalized spacial score (nSPS) is 22.4. The van der Waals surface area contributed by atoms with Crippen LogP contribution in [0, 0.1) is 11.3 Å². The van der Waals surface area contributed by atoms with Crippen molar-refractivity contribution < 1.29 is 19.5 Å². The minimum atomic E-state index is -0.886. The van der Waals surface area contributed by atoms with Crippen LogP contribution in [0.2, 0.25) is 0 Å². The van der Waals surface area contributed by atoms with E-state index in [-0.39, 0.29) is 28.3 Å². The van der Waals surface area contributed by atoms with Crippen molar-refractivity contribution in [1.82, 2.24) is 0 Å². The molecule has 4 heteroatoms. The number of Topliss-reactive ketones (excluding diaryl/α,β-unsaturated/α-hetero) is 3. The molecule has 0 spiro atoms. The largest absolute Gasteiger partial charge is 0.387 e. The van der Waals surface area contributed by atoms with E-state index in [1.807, 2.05) is 91.0 Å². The van der Waals surface area contributed by atoms with Gasteiger partial charge in [-0.1, -0.05) is 86.7 Å². The fourth-order valence-electron chi connectivity index (χ4n) is 6.73. The third-order valence-electron chi connectivity index (χ3n) is 8.73. The maximum absolute atomic E-state index is 13.3. The Balaban J connectivity index is 1.17. The van der Waals surface area contributed by atoms with E-state index in [4.69, 9.17) is 0 Å². The molecule has 0 saturated heterocycles. The summed E-state index contributed by atoms with van der Waals surface area (Å²) >= 11 is 0. The van der Waals surface area contributed by atoms with Crippen LogP contribution in [-0.4, -0.2) is 22.5 Å². The highest BCUT2D eigenvalue weighted by Crippen LogP contribution is 2.42. The number of carbonyl (C=O) groups excluding carboxylic acids is 3. The van der Waals surface area contributed by atoms with Gasteiger partial charge in [-0.25, -0.2) is 0 Å². The number of hydrogen-bond donors (Lipinski definition) is 1. The van der Waals surface area contributed by atoms with Gasteiger partial charge in [0.05, 0.1) is 17.6 Å². The Bertz CT molecular complexity index is 1920. The van der Waals surface area contributed by atoms with Gasteiger partial charge >= 0.3 is 0 Å². The number of ketones is 3. The van der Waals surface area contributed by atoms with Crippen LogP contribution in [-0.2, 0) is 0 Å². The predicted molar refractivity (Wildman–Crippen MR) is 166 cm³/mol. The fourth-order valence-corrected chi connectivity index (χ4v) is 6.73. The first-order valence-electron chi connectivity index (χ1n) is 14.4. The van der Waals surface area contributed by atoms with Crippen LogP contribution in [0.5, 0.6) is 0 Å². The molecule has 0 fully saturated rings. The number of allylic oxidation sites excluding steroid dienone is 7. The molecule has 0 aromatic heterocycles. The quantitative estimate of drug-likeness (QED) is 0.207. The Morgan fingerprint density at radius 1 is 0.738 bits per heavy atom. The van der Waals surface area contributed by atoms with Gasteiger partial charge in [-0.2, -0.15) is 0 Å². The maximum Gasteiger partial charge on any atom is 0.197 e. The molecule has 7 rings (SSSR count). The second kappa shape index (κ2) is 9.71. The van der Waals surface area contributed by atoms with Crippen LogP contribution in [0.1, 0.15) is 69.4 Å². The van der Waals surface area contributed by atoms with E-state index in [1.165, 1.54) is 0 Å². The highest BCUT2D eigenvalue weighted by Gasteiger charge is 2.37. The van der Waals surface area contributed by atoms with Crippen molar-refractivity contribution in [2.24, 2.45) is 11.3 Å². The zero-order valence-corrected chi connectivity index (χ0v) is 23.6. The third-order valence-corrected chi connectivity index (χ3v) is 8.73. The van der Waals surface area contributed by atoms with Gasteiger partial charge in [0.25, 0.3) is 0 Å². The number of hydrogen-bond acceptors (Lipinski definition) is 4. The maximum atomic E-state index is 13.3. The molecular formula is C38H30O4. The van der Waals surface area contributed by atoms with Crippen LogP contribution >= 0.6 is 0 Å². The molecule has 3 aliphatic carbocycles. The van der Waals surface area contributed by atoms with E-state index < -0.39 is 12.0 Å². The summed E-state index contributed by atoms with van der Waals surface area (Å²) < 4.78 is 0. The molecule has 1 N–H and O–H groups in total. The Kier molecular flexibility index (Phi) is 6.07. The first-order valence-corrected chi connectivity index (χ1v) is 14.4. The Labute approximate surface area is 244 Å². The highest BCUT2D eigenvalue weighted by atomic mass is 16.3. The second-order valence-electron chi connectivity index (χ2n) is 12.4. The van der Waals surface area contributed by atoms with Gasteiger partial charge in [0, 0.05) is 16.7 Å². The lowest BCUT2D eigenvalue weighted by molar-refractivity contribution is 0.0833. The van der Waals surface area contributed by atoms with Gasteiger partial charge in [-0.15, -0.1) is 0 Å². The molecule has 0 saturated carbocycles. The van der Waals surface area contributed by atoms with E-state index in [9.17, 15) is 19.5 Å². The number of rotatable bonds is 3. The summed E-state index contributed by atoms with van der Waals surface area (Å²) in [7, 11) is 0. The van der Waals surface area contributed by atoms with Crippen LogP contribution < -0.4 is 0 Å². The first-order chi connectivity index (χ1) is 20.2. The van der Waals surface area contributed by atoms with Crippen molar-refractivity contribution in [1.29, 1.82) is 0 Å². The molecule has 2 unspecified atom stereocenters. The first kappa shape index (κ1) is 26.2. The number of benzene rings is 4. The summed E-state index contributed by atoms with van der Waals surface area (Å²) in [5.41, 5.74) is 4.36. The summed E-state index contributed by atoms with van der Waals surface area (Å²) in [6.45, 7) is 4.36. The zero-order valence-electron chi connectivity index (χ0n) is 23.6. The van der Waals surface area contributed by atoms with E-state index in [0.29, 0.717) is 22.3 Å². The molecule has 0 amide bonds. The minimum Gasteiger partial charge on any atom is -0.387 e. The van der Waals surface area contributed by atoms with Crippen molar-refractivity contribution in [2.45, 2.75) is 32.8 Å². The molecule has 42 heavy (non-hydrogen) atoms. The Morgan fingerprint density at radius 3 is 1.88 bits per heavy atom. The second-order valence-corrected chi connectivity index (χ2v) is 12.4. The molecule has 2 atom stereocenters. The molecule has 4 nitrogen and oxygen atoms in total. The molecule has 3 aliphatic rings. The van der Waals surface area contributed by atoms with Crippen LogP contribution in [0.3, 0.4) is 0 Å². The lowest BCUT2D eigenvalue weighted by atomic mass is 9.75. The highest BCUT2D eigenvalue weighted by molar-refractivity contribution is 6.40. The third kappa shape index (κ3) is 4.40. The Morgan fingerprint density at radius 2 is 1.29 bits per heavy atom. The predicted octanol–water partition coefficient (Wildman–Crippen LogP) is 8.07. The Hall–Kier alpha value is -4.67. The SMILES string of the molecule is CC1(C)CC(/C=C/C2C(=O)c3cc4ccccc4cc3C2O)=CC(=C/C=C2C(=O)c3cc4ccccc4cc3C2=O)/C1. The lowest BCUT2D eigenvalue weighted by Gasteiger charge is -2.30. The standard InChI is InChI=1S/C38H30O4/c1-38(2)20-22(11-13-28-34(39)30-16-24-7-3-4-8-25(24)17-31(30)35(28)40)15-23(21-38)12-14-29-36(41)32-18-26-9-5-6-10-27(26)19-33(32)37(29)42/h3-19,28,34,39H,20-21H2,1-2H3/b13-11+,23-12-. The minimum absolute atomic E-state index is 0.0534. The molecule has 4 aromatic rings. The van der Waals surface area contributed by atoms with Crippen LogP contribution in [0.25, 0.3) is 21.5 Å². The van der Waals surface area contributed by atoms with Crippen LogP contribution in [0.4, 0.5) is 0 Å². The fraction of sp³-hybridized carbons (Fsp3) is 0.184. The van der Waals surface area contributed by atoms with Crippen molar-refractivity contribution in [3.8, 4) is 0 Å². The average molecular weight is 551 g/mol. The van der Waals surface area contributed by atoms with Crippen molar-refractivity contribution in [3.05, 3.63) is 142 Å². The van der Waals surface area contributed by atoms with Crippen molar-refractivity contribution >= 4 is 38.9 Å². The van der Waals surface area contributed by atoms with E-state index in [0.717, 1.165) is 45.5 Å². The van der Waals surface area contributed by atoms with Gasteiger partial charge in [0.1, 0.15) is 0 Å². The summed E-state index contributed by atoms with van der Waals surface area (Å²) in [6.07, 6.45) is 10.1. The smallest absolute Gasteiger partial charge is 0.197 e. The van der Waals surface area contributed by atoms with Gasteiger partial charge < -0.3 is 5.11 Å². The summed E-state index contributed by atoms with van der Waals surface area (Å²) in [4.78, 5) is 39.7. The molecule has 0 aliphatic heterocycles. The lowest BCUT2D eigenvalue weighted by Crippen LogP contribution is -2.17. The van der Waals surface area contributed by atoms with E-state index >= 15 is 0 Å². The topological polar surface area (TPSA) is 71.4 Å².